The van der Waals surface area contributed by atoms with Gasteiger partial charge in [-0.2, -0.15) is 5.10 Å². The minimum Gasteiger partial charge on any atom is -0.348 e. The molecule has 2 aromatic heterocycles. The molecule has 5 rings (SSSR count). The lowest BCUT2D eigenvalue weighted by Gasteiger charge is -2.15. The van der Waals surface area contributed by atoms with Crippen LogP contribution in [0.4, 0.5) is 0 Å². The number of carbonyl (C=O) groups is 1. The van der Waals surface area contributed by atoms with E-state index >= 15 is 0 Å². The van der Waals surface area contributed by atoms with Gasteiger partial charge in [0.2, 0.25) is 5.91 Å². The van der Waals surface area contributed by atoms with Crippen molar-refractivity contribution in [1.82, 2.24) is 19.7 Å². The summed E-state index contributed by atoms with van der Waals surface area (Å²) in [6.45, 7) is 4.42. The van der Waals surface area contributed by atoms with E-state index in [4.69, 9.17) is 0 Å². The Morgan fingerprint density at radius 1 is 0.941 bits per heavy atom. The van der Waals surface area contributed by atoms with Crippen LogP contribution in [0.1, 0.15) is 29.7 Å². The zero-order valence-corrected chi connectivity index (χ0v) is 19.2. The van der Waals surface area contributed by atoms with Gasteiger partial charge in [0.25, 0.3) is 5.56 Å². The van der Waals surface area contributed by atoms with Crippen LogP contribution in [0.5, 0.6) is 0 Å². The minimum absolute atomic E-state index is 0.141. The summed E-state index contributed by atoms with van der Waals surface area (Å²) in [5.41, 5.74) is 4.57. The molecule has 1 N–H and O–H groups in total. The number of aromatic nitrogens is 3. The van der Waals surface area contributed by atoms with Crippen LogP contribution in [-0.2, 0) is 17.9 Å². The first-order chi connectivity index (χ1) is 16.5. The fourth-order valence-electron chi connectivity index (χ4n) is 4.48. The van der Waals surface area contributed by atoms with Crippen LogP contribution in [0, 0.1) is 6.92 Å². The Hall–Kier alpha value is -4.19. The summed E-state index contributed by atoms with van der Waals surface area (Å²) in [4.78, 5) is 26.3. The van der Waals surface area contributed by atoms with Gasteiger partial charge in [-0.3, -0.25) is 9.59 Å². The predicted molar refractivity (Wildman–Crippen MR) is 135 cm³/mol. The molecule has 0 aliphatic rings. The lowest BCUT2D eigenvalue weighted by atomic mass is 10.1. The van der Waals surface area contributed by atoms with Crippen LogP contribution in [0.15, 0.2) is 89.9 Å². The zero-order valence-electron chi connectivity index (χ0n) is 19.2. The smallest absolute Gasteiger partial charge is 0.291 e. The molecule has 0 saturated carbocycles. The van der Waals surface area contributed by atoms with Crippen LogP contribution in [0.2, 0.25) is 0 Å². The second-order valence-electron chi connectivity index (χ2n) is 8.60. The van der Waals surface area contributed by atoms with Gasteiger partial charge >= 0.3 is 0 Å². The SMILES string of the molecule is Cc1ccccc1Cn1c2ccccc2c2cnn(CC(=O)NC(C)c3ccccc3)c(=O)c21. The van der Waals surface area contributed by atoms with Gasteiger partial charge in [0.15, 0.2) is 0 Å². The number of amides is 1. The maximum Gasteiger partial charge on any atom is 0.291 e. The van der Waals surface area contributed by atoms with Gasteiger partial charge in [0.1, 0.15) is 12.1 Å². The first kappa shape index (κ1) is 21.6. The summed E-state index contributed by atoms with van der Waals surface area (Å²) in [6, 6.07) is 25.7. The molecule has 0 aliphatic carbocycles. The summed E-state index contributed by atoms with van der Waals surface area (Å²) >= 11 is 0. The largest absolute Gasteiger partial charge is 0.348 e. The second kappa shape index (κ2) is 8.98. The van der Waals surface area contributed by atoms with E-state index in [0.29, 0.717) is 12.1 Å². The quantitative estimate of drug-likeness (QED) is 0.412. The van der Waals surface area contributed by atoms with Crippen molar-refractivity contribution >= 4 is 27.7 Å². The van der Waals surface area contributed by atoms with E-state index < -0.39 is 0 Å². The van der Waals surface area contributed by atoms with E-state index in [0.717, 1.165) is 33.0 Å². The molecule has 0 saturated heterocycles. The van der Waals surface area contributed by atoms with Crippen molar-refractivity contribution in [3.63, 3.8) is 0 Å². The van der Waals surface area contributed by atoms with Crippen molar-refractivity contribution in [2.45, 2.75) is 33.0 Å². The standard InChI is InChI=1S/C28H26N4O2/c1-19-10-6-7-13-22(19)17-31-25-15-9-8-14-23(25)24-16-29-32(28(34)27(24)31)18-26(33)30-20(2)21-11-4-3-5-12-21/h3-16,20H,17-18H2,1-2H3,(H,30,33). The highest BCUT2D eigenvalue weighted by Gasteiger charge is 2.18. The summed E-state index contributed by atoms with van der Waals surface area (Å²) in [6.07, 6.45) is 1.70. The van der Waals surface area contributed by atoms with Gasteiger partial charge in [0.05, 0.1) is 12.2 Å². The van der Waals surface area contributed by atoms with Gasteiger partial charge in [0, 0.05) is 22.8 Å². The van der Waals surface area contributed by atoms with Crippen LogP contribution < -0.4 is 10.9 Å². The Balaban J connectivity index is 1.53. The molecule has 0 bridgehead atoms. The summed E-state index contributed by atoms with van der Waals surface area (Å²) in [7, 11) is 0. The fraction of sp³-hybridized carbons (Fsp3) is 0.179. The molecule has 1 unspecified atom stereocenters. The molecular weight excluding hydrogens is 424 g/mol. The average molecular weight is 451 g/mol. The van der Waals surface area contributed by atoms with Gasteiger partial charge in [-0.05, 0) is 36.6 Å². The Bertz CT molecular complexity index is 1550. The molecule has 1 amide bonds. The molecular formula is C28H26N4O2. The lowest BCUT2D eigenvalue weighted by Crippen LogP contribution is -2.35. The molecule has 34 heavy (non-hydrogen) atoms. The maximum absolute atomic E-state index is 13.6. The maximum atomic E-state index is 13.6. The normalized spacial score (nSPS) is 12.2. The number of aryl methyl sites for hydroxylation is 1. The van der Waals surface area contributed by atoms with Crippen LogP contribution in [-0.4, -0.2) is 20.3 Å². The van der Waals surface area contributed by atoms with E-state index in [-0.39, 0.29) is 24.1 Å². The predicted octanol–water partition coefficient (Wildman–Crippen LogP) is 4.59. The molecule has 0 fully saturated rings. The third kappa shape index (κ3) is 3.99. The number of para-hydroxylation sites is 1. The second-order valence-corrected chi connectivity index (χ2v) is 8.60. The summed E-state index contributed by atoms with van der Waals surface area (Å²) in [5.74, 6) is -0.258. The molecule has 170 valence electrons. The molecule has 1 atom stereocenters. The first-order valence-electron chi connectivity index (χ1n) is 11.4. The Morgan fingerprint density at radius 2 is 1.65 bits per heavy atom. The molecule has 6 nitrogen and oxygen atoms in total. The Kier molecular flexibility index (Phi) is 5.72. The van der Waals surface area contributed by atoms with Crippen LogP contribution in [0.25, 0.3) is 21.8 Å². The number of hydrogen-bond donors (Lipinski definition) is 1. The monoisotopic (exact) mass is 450 g/mol. The number of hydrogen-bond acceptors (Lipinski definition) is 3. The molecule has 2 heterocycles. The molecule has 0 radical (unpaired) electrons. The zero-order chi connectivity index (χ0) is 23.7. The molecule has 5 aromatic rings. The fourth-order valence-corrected chi connectivity index (χ4v) is 4.48. The summed E-state index contributed by atoms with van der Waals surface area (Å²) < 4.78 is 3.29. The number of nitrogens with zero attached hydrogens (tertiary/aromatic N) is 3. The highest BCUT2D eigenvalue weighted by atomic mass is 16.2. The number of nitrogens with one attached hydrogen (secondary N) is 1. The van der Waals surface area contributed by atoms with Gasteiger partial charge in [-0.1, -0.05) is 72.8 Å². The average Bonchev–Trinajstić information content (AvgIpc) is 3.17. The molecule has 3 aromatic carbocycles. The van der Waals surface area contributed by atoms with E-state index in [2.05, 4.69) is 29.5 Å². The third-order valence-electron chi connectivity index (χ3n) is 6.33. The third-order valence-corrected chi connectivity index (χ3v) is 6.33. The van der Waals surface area contributed by atoms with Gasteiger partial charge in [-0.15, -0.1) is 0 Å². The van der Waals surface area contributed by atoms with Crippen LogP contribution in [0.3, 0.4) is 0 Å². The number of benzene rings is 3. The van der Waals surface area contributed by atoms with E-state index in [1.807, 2.05) is 78.2 Å². The number of rotatable bonds is 6. The molecule has 0 aliphatic heterocycles. The first-order valence-corrected chi connectivity index (χ1v) is 11.4. The number of fused-ring (bicyclic) bond motifs is 3. The van der Waals surface area contributed by atoms with Crippen molar-refractivity contribution in [3.05, 3.63) is 112 Å². The van der Waals surface area contributed by atoms with Crippen molar-refractivity contribution in [2.24, 2.45) is 0 Å². The topological polar surface area (TPSA) is 68.9 Å². The van der Waals surface area contributed by atoms with Crippen molar-refractivity contribution in [3.8, 4) is 0 Å². The van der Waals surface area contributed by atoms with Gasteiger partial charge < -0.3 is 9.88 Å². The van der Waals surface area contributed by atoms with Crippen molar-refractivity contribution in [2.75, 3.05) is 0 Å². The van der Waals surface area contributed by atoms with Crippen molar-refractivity contribution in [1.29, 1.82) is 0 Å². The van der Waals surface area contributed by atoms with E-state index in [9.17, 15) is 9.59 Å². The molecule has 0 spiro atoms. The minimum atomic E-state index is -0.273. The Labute approximate surface area is 197 Å². The van der Waals surface area contributed by atoms with Crippen molar-refractivity contribution < 1.29 is 4.79 Å². The summed E-state index contributed by atoms with van der Waals surface area (Å²) in [5, 5.41) is 9.08. The lowest BCUT2D eigenvalue weighted by molar-refractivity contribution is -0.122. The highest BCUT2D eigenvalue weighted by Crippen LogP contribution is 2.27. The number of carbonyl (C=O) groups excluding carboxylic acids is 1. The van der Waals surface area contributed by atoms with Crippen LogP contribution >= 0.6 is 0 Å². The molecule has 6 heteroatoms. The Morgan fingerprint density at radius 3 is 2.44 bits per heavy atom. The van der Waals surface area contributed by atoms with E-state index in [1.54, 1.807) is 6.20 Å². The van der Waals surface area contributed by atoms with E-state index in [1.165, 1.54) is 4.68 Å². The highest BCUT2D eigenvalue weighted by molar-refractivity contribution is 6.07. The van der Waals surface area contributed by atoms with Gasteiger partial charge in [-0.25, -0.2) is 4.68 Å².